The third kappa shape index (κ3) is 2.92. The van der Waals surface area contributed by atoms with Crippen LogP contribution in [-0.2, 0) is 4.74 Å². The van der Waals surface area contributed by atoms with E-state index in [9.17, 15) is 5.11 Å². The second-order valence-corrected chi connectivity index (χ2v) is 4.92. The van der Waals surface area contributed by atoms with Crippen molar-refractivity contribution >= 4 is 0 Å². The van der Waals surface area contributed by atoms with Crippen LogP contribution in [0.2, 0.25) is 0 Å². The van der Waals surface area contributed by atoms with E-state index >= 15 is 0 Å². The van der Waals surface area contributed by atoms with Gasteiger partial charge in [-0.15, -0.1) is 0 Å². The molecule has 2 rings (SSSR count). The SMILES string of the molecule is CCC1CN(CC2CCCC2O)CCO1. The molecule has 0 aromatic heterocycles. The zero-order valence-electron chi connectivity index (χ0n) is 9.69. The monoisotopic (exact) mass is 213 g/mol. The number of rotatable bonds is 3. The van der Waals surface area contributed by atoms with Gasteiger partial charge in [0, 0.05) is 19.6 Å². The van der Waals surface area contributed by atoms with Crippen molar-refractivity contribution in [3.8, 4) is 0 Å². The smallest absolute Gasteiger partial charge is 0.0700 e. The zero-order chi connectivity index (χ0) is 10.7. The van der Waals surface area contributed by atoms with E-state index in [0.717, 1.165) is 39.1 Å². The molecule has 1 saturated heterocycles. The molecule has 1 heterocycles. The number of hydrogen-bond donors (Lipinski definition) is 1. The van der Waals surface area contributed by atoms with E-state index in [1.165, 1.54) is 12.8 Å². The Labute approximate surface area is 92.4 Å². The van der Waals surface area contributed by atoms with Crippen molar-refractivity contribution < 1.29 is 9.84 Å². The number of ether oxygens (including phenoxy) is 1. The predicted molar refractivity (Wildman–Crippen MR) is 59.8 cm³/mol. The fraction of sp³-hybridized carbons (Fsp3) is 1.00. The summed E-state index contributed by atoms with van der Waals surface area (Å²) in [5, 5.41) is 9.78. The molecule has 88 valence electrons. The van der Waals surface area contributed by atoms with Gasteiger partial charge in [0.05, 0.1) is 18.8 Å². The number of morpholine rings is 1. The van der Waals surface area contributed by atoms with Crippen LogP contribution in [0.25, 0.3) is 0 Å². The van der Waals surface area contributed by atoms with Crippen LogP contribution in [0.3, 0.4) is 0 Å². The summed E-state index contributed by atoms with van der Waals surface area (Å²) in [4.78, 5) is 2.47. The third-order valence-electron chi connectivity index (χ3n) is 3.79. The van der Waals surface area contributed by atoms with Gasteiger partial charge in [-0.2, -0.15) is 0 Å². The highest BCUT2D eigenvalue weighted by atomic mass is 16.5. The molecule has 2 fully saturated rings. The lowest BCUT2D eigenvalue weighted by Gasteiger charge is -2.34. The topological polar surface area (TPSA) is 32.7 Å². The number of aliphatic hydroxyl groups is 1. The van der Waals surface area contributed by atoms with Crippen molar-refractivity contribution in [3.63, 3.8) is 0 Å². The van der Waals surface area contributed by atoms with E-state index < -0.39 is 0 Å². The van der Waals surface area contributed by atoms with Crippen molar-refractivity contribution in [2.45, 2.75) is 44.8 Å². The van der Waals surface area contributed by atoms with E-state index in [0.29, 0.717) is 12.0 Å². The molecule has 2 aliphatic rings. The van der Waals surface area contributed by atoms with E-state index in [-0.39, 0.29) is 6.10 Å². The highest BCUT2D eigenvalue weighted by molar-refractivity contribution is 4.81. The number of nitrogens with zero attached hydrogens (tertiary/aromatic N) is 1. The second-order valence-electron chi connectivity index (χ2n) is 4.92. The minimum atomic E-state index is -0.0482. The van der Waals surface area contributed by atoms with Crippen molar-refractivity contribution in [1.82, 2.24) is 4.90 Å². The Balaban J connectivity index is 1.78. The van der Waals surface area contributed by atoms with Gasteiger partial charge in [0.15, 0.2) is 0 Å². The highest BCUT2D eigenvalue weighted by Gasteiger charge is 2.28. The standard InChI is InChI=1S/C12H23NO2/c1-2-11-9-13(6-7-15-11)8-10-4-3-5-12(10)14/h10-12,14H,2-9H2,1H3. The van der Waals surface area contributed by atoms with Gasteiger partial charge < -0.3 is 9.84 Å². The average molecular weight is 213 g/mol. The van der Waals surface area contributed by atoms with Crippen LogP contribution in [0.15, 0.2) is 0 Å². The van der Waals surface area contributed by atoms with E-state index in [1.54, 1.807) is 0 Å². The van der Waals surface area contributed by atoms with Crippen molar-refractivity contribution in [2.75, 3.05) is 26.2 Å². The van der Waals surface area contributed by atoms with Gasteiger partial charge in [-0.05, 0) is 25.2 Å². The number of aliphatic hydroxyl groups excluding tert-OH is 1. The molecule has 0 spiro atoms. The first-order chi connectivity index (χ1) is 7.29. The van der Waals surface area contributed by atoms with Crippen LogP contribution in [0.1, 0.15) is 32.6 Å². The fourth-order valence-corrected chi connectivity index (χ4v) is 2.76. The molecule has 1 aliphatic carbocycles. The largest absolute Gasteiger partial charge is 0.393 e. The molecule has 0 radical (unpaired) electrons. The molecule has 3 nitrogen and oxygen atoms in total. The molecule has 3 heteroatoms. The van der Waals surface area contributed by atoms with Crippen molar-refractivity contribution in [1.29, 1.82) is 0 Å². The normalized spacial score (nSPS) is 38.4. The maximum atomic E-state index is 9.78. The third-order valence-corrected chi connectivity index (χ3v) is 3.79. The summed E-state index contributed by atoms with van der Waals surface area (Å²) in [6.07, 6.45) is 4.88. The van der Waals surface area contributed by atoms with Gasteiger partial charge in [0.25, 0.3) is 0 Å². The van der Waals surface area contributed by atoms with Gasteiger partial charge in [0.2, 0.25) is 0 Å². The summed E-state index contributed by atoms with van der Waals surface area (Å²) in [6, 6.07) is 0. The molecule has 1 aliphatic heterocycles. The quantitative estimate of drug-likeness (QED) is 0.766. The lowest BCUT2D eigenvalue weighted by atomic mass is 10.0. The Morgan fingerprint density at radius 3 is 2.93 bits per heavy atom. The summed E-state index contributed by atoms with van der Waals surface area (Å²) in [6.45, 7) is 6.21. The first-order valence-corrected chi connectivity index (χ1v) is 6.31. The predicted octanol–water partition coefficient (Wildman–Crippen LogP) is 1.26. The molecular weight excluding hydrogens is 190 g/mol. The van der Waals surface area contributed by atoms with E-state index in [2.05, 4.69) is 11.8 Å². The summed E-state index contributed by atoms with van der Waals surface area (Å²) < 4.78 is 5.64. The Kier molecular flexibility index (Phi) is 4.00. The van der Waals surface area contributed by atoms with Crippen LogP contribution in [0.5, 0.6) is 0 Å². The Hall–Kier alpha value is -0.120. The zero-order valence-corrected chi connectivity index (χ0v) is 9.69. The summed E-state index contributed by atoms with van der Waals surface area (Å²) in [7, 11) is 0. The maximum Gasteiger partial charge on any atom is 0.0700 e. The molecule has 0 amide bonds. The Bertz CT molecular complexity index is 198. The van der Waals surface area contributed by atoms with Crippen LogP contribution in [-0.4, -0.2) is 48.5 Å². The number of hydrogen-bond acceptors (Lipinski definition) is 3. The van der Waals surface area contributed by atoms with Crippen LogP contribution < -0.4 is 0 Å². The summed E-state index contributed by atoms with van der Waals surface area (Å²) >= 11 is 0. The van der Waals surface area contributed by atoms with Crippen molar-refractivity contribution in [3.05, 3.63) is 0 Å². The molecule has 15 heavy (non-hydrogen) atoms. The first kappa shape index (κ1) is 11.4. The summed E-state index contributed by atoms with van der Waals surface area (Å²) in [5.74, 6) is 0.514. The first-order valence-electron chi connectivity index (χ1n) is 6.31. The van der Waals surface area contributed by atoms with Crippen molar-refractivity contribution in [2.24, 2.45) is 5.92 Å². The van der Waals surface area contributed by atoms with Crippen LogP contribution >= 0.6 is 0 Å². The van der Waals surface area contributed by atoms with Gasteiger partial charge in [-0.3, -0.25) is 4.90 Å². The Morgan fingerprint density at radius 2 is 2.27 bits per heavy atom. The average Bonchev–Trinajstić information content (AvgIpc) is 2.65. The molecule has 3 unspecified atom stereocenters. The van der Waals surface area contributed by atoms with Gasteiger partial charge in [0.1, 0.15) is 0 Å². The van der Waals surface area contributed by atoms with Crippen LogP contribution in [0, 0.1) is 5.92 Å². The fourth-order valence-electron chi connectivity index (χ4n) is 2.76. The summed E-state index contributed by atoms with van der Waals surface area (Å²) in [5.41, 5.74) is 0. The minimum absolute atomic E-state index is 0.0482. The van der Waals surface area contributed by atoms with Gasteiger partial charge >= 0.3 is 0 Å². The Morgan fingerprint density at radius 1 is 1.40 bits per heavy atom. The molecule has 0 bridgehead atoms. The molecule has 0 aromatic rings. The minimum Gasteiger partial charge on any atom is -0.393 e. The second kappa shape index (κ2) is 5.28. The highest BCUT2D eigenvalue weighted by Crippen LogP contribution is 2.26. The molecule has 1 N–H and O–H groups in total. The molecule has 1 saturated carbocycles. The molecule has 3 atom stereocenters. The van der Waals surface area contributed by atoms with Crippen LogP contribution in [0.4, 0.5) is 0 Å². The maximum absolute atomic E-state index is 9.78. The molecule has 0 aromatic carbocycles. The van der Waals surface area contributed by atoms with E-state index in [4.69, 9.17) is 4.74 Å². The van der Waals surface area contributed by atoms with Gasteiger partial charge in [-0.25, -0.2) is 0 Å². The molecular formula is C12H23NO2. The lowest BCUT2D eigenvalue weighted by molar-refractivity contribution is -0.0391. The lowest BCUT2D eigenvalue weighted by Crippen LogP contribution is -2.45. The van der Waals surface area contributed by atoms with E-state index in [1.807, 2.05) is 0 Å². The van der Waals surface area contributed by atoms with Gasteiger partial charge in [-0.1, -0.05) is 13.3 Å².